The van der Waals surface area contributed by atoms with Gasteiger partial charge in [0.25, 0.3) is 0 Å². The number of nitrogen functional groups attached to an aromatic ring is 1. The third-order valence-electron chi connectivity index (χ3n) is 3.20. The summed E-state index contributed by atoms with van der Waals surface area (Å²) in [4.78, 5) is 0. The van der Waals surface area contributed by atoms with Crippen LogP contribution in [0.3, 0.4) is 0 Å². The molecule has 0 heterocycles. The lowest BCUT2D eigenvalue weighted by atomic mass is 9.95. The summed E-state index contributed by atoms with van der Waals surface area (Å²) in [5.74, 6) is 1.29. The lowest BCUT2D eigenvalue weighted by molar-refractivity contribution is 0.0744. The van der Waals surface area contributed by atoms with Crippen LogP contribution in [0.25, 0.3) is 0 Å². The third-order valence-corrected chi connectivity index (χ3v) is 3.20. The molecule has 0 spiro atoms. The van der Waals surface area contributed by atoms with E-state index in [1.54, 1.807) is 38.7 Å². The van der Waals surface area contributed by atoms with Crippen molar-refractivity contribution in [2.75, 3.05) is 20.0 Å². The highest BCUT2D eigenvalue weighted by atomic mass is 16.5. The highest BCUT2D eigenvalue weighted by Crippen LogP contribution is 2.27. The summed E-state index contributed by atoms with van der Waals surface area (Å²) in [6.45, 7) is 0. The average Bonchev–Trinajstić information content (AvgIpc) is 2.50. The second kappa shape index (κ2) is 6.30. The van der Waals surface area contributed by atoms with Crippen LogP contribution in [0.15, 0.2) is 54.8 Å². The molecule has 1 aliphatic rings. The van der Waals surface area contributed by atoms with Crippen LogP contribution in [-0.2, 0) is 4.74 Å². The van der Waals surface area contributed by atoms with E-state index < -0.39 is 5.60 Å². The predicted octanol–water partition coefficient (Wildman–Crippen LogP) is 3.07. The highest BCUT2D eigenvalue weighted by molar-refractivity contribution is 5.56. The molecule has 0 saturated heterocycles. The Morgan fingerprint density at radius 3 is 2.70 bits per heavy atom. The molecular weight excluding hydrogens is 254 g/mol. The number of rotatable bonds is 5. The molecule has 0 radical (unpaired) electrons. The lowest BCUT2D eigenvalue weighted by Crippen LogP contribution is -2.26. The van der Waals surface area contributed by atoms with Crippen molar-refractivity contribution in [1.82, 2.24) is 0 Å². The van der Waals surface area contributed by atoms with Crippen LogP contribution in [-0.4, -0.2) is 19.8 Å². The van der Waals surface area contributed by atoms with Gasteiger partial charge in [-0.3, -0.25) is 0 Å². The molecule has 1 unspecified atom stereocenters. The maximum absolute atomic E-state index is 5.89. The van der Waals surface area contributed by atoms with Crippen molar-refractivity contribution in [3.8, 4) is 11.5 Å². The highest BCUT2D eigenvalue weighted by Gasteiger charge is 2.23. The van der Waals surface area contributed by atoms with Crippen molar-refractivity contribution >= 4 is 5.69 Å². The Bertz CT molecular complexity index is 549. The molecule has 0 fully saturated rings. The molecule has 0 amide bonds. The predicted molar refractivity (Wildman–Crippen MR) is 79.8 cm³/mol. The van der Waals surface area contributed by atoms with Gasteiger partial charge in [-0.15, -0.1) is 0 Å². The molecule has 0 aliphatic heterocycles. The second-order valence-corrected chi connectivity index (χ2v) is 4.47. The third kappa shape index (κ3) is 3.22. The molecule has 1 aromatic carbocycles. The van der Waals surface area contributed by atoms with Gasteiger partial charge in [0.1, 0.15) is 17.1 Å². The van der Waals surface area contributed by atoms with Gasteiger partial charge in [0, 0.05) is 19.6 Å². The molecule has 0 aromatic heterocycles. The minimum atomic E-state index is -0.448. The Hall–Kier alpha value is -2.20. The fourth-order valence-corrected chi connectivity index (χ4v) is 1.94. The zero-order valence-electron chi connectivity index (χ0n) is 11.7. The van der Waals surface area contributed by atoms with E-state index in [0.29, 0.717) is 17.2 Å². The van der Waals surface area contributed by atoms with Gasteiger partial charge < -0.3 is 19.9 Å². The van der Waals surface area contributed by atoms with Gasteiger partial charge in [-0.2, -0.15) is 0 Å². The Kier molecular flexibility index (Phi) is 4.48. The molecule has 2 N–H and O–H groups in total. The van der Waals surface area contributed by atoms with Crippen LogP contribution in [0.4, 0.5) is 5.69 Å². The van der Waals surface area contributed by atoms with Crippen molar-refractivity contribution in [1.29, 1.82) is 0 Å². The summed E-state index contributed by atoms with van der Waals surface area (Å²) in [5, 5.41) is 0. The van der Waals surface area contributed by atoms with Crippen molar-refractivity contribution in [3.63, 3.8) is 0 Å². The van der Waals surface area contributed by atoms with E-state index in [1.807, 2.05) is 24.3 Å². The molecule has 1 atom stereocenters. The van der Waals surface area contributed by atoms with Crippen LogP contribution in [0.2, 0.25) is 0 Å². The van der Waals surface area contributed by atoms with Crippen molar-refractivity contribution in [2.45, 2.75) is 12.0 Å². The fourth-order valence-electron chi connectivity index (χ4n) is 1.94. The van der Waals surface area contributed by atoms with E-state index in [-0.39, 0.29) is 0 Å². The molecule has 4 nitrogen and oxygen atoms in total. The van der Waals surface area contributed by atoms with E-state index in [2.05, 4.69) is 6.08 Å². The number of hydrogen-bond acceptors (Lipinski definition) is 4. The van der Waals surface area contributed by atoms with Gasteiger partial charge in [-0.1, -0.05) is 18.2 Å². The molecule has 20 heavy (non-hydrogen) atoms. The number of methoxy groups -OCH3 is 2. The molecule has 1 aromatic rings. The standard InChI is InChI=1S/C16H19NO3/c1-18-13-6-7-15(14(17)12-13)20-11-10-16(19-2)8-4-3-5-9-16/h3-8,10-12H,9,17H2,1-2H3. The largest absolute Gasteiger partial charge is 0.497 e. The van der Waals surface area contributed by atoms with Crippen LogP contribution in [0, 0.1) is 0 Å². The zero-order valence-corrected chi connectivity index (χ0v) is 11.7. The molecular formula is C16H19NO3. The minimum Gasteiger partial charge on any atom is -0.497 e. The first kappa shape index (κ1) is 14.2. The number of benzene rings is 1. The van der Waals surface area contributed by atoms with Crippen molar-refractivity contribution in [2.24, 2.45) is 0 Å². The van der Waals surface area contributed by atoms with E-state index >= 15 is 0 Å². The quantitative estimate of drug-likeness (QED) is 0.661. The first-order chi connectivity index (χ1) is 9.69. The maximum Gasteiger partial charge on any atom is 0.149 e. The number of allylic oxidation sites excluding steroid dienone is 2. The number of hydrogen-bond donors (Lipinski definition) is 1. The lowest BCUT2D eigenvalue weighted by Gasteiger charge is -2.25. The van der Waals surface area contributed by atoms with Crippen LogP contribution in [0.5, 0.6) is 11.5 Å². The Morgan fingerprint density at radius 1 is 1.25 bits per heavy atom. The molecule has 106 valence electrons. The Balaban J connectivity index is 2.06. The molecule has 1 aliphatic carbocycles. The Labute approximate surface area is 119 Å². The zero-order chi connectivity index (χ0) is 14.4. The second-order valence-electron chi connectivity index (χ2n) is 4.47. The Morgan fingerprint density at radius 2 is 2.10 bits per heavy atom. The fraction of sp³-hybridized carbons (Fsp3) is 0.250. The smallest absolute Gasteiger partial charge is 0.149 e. The number of ether oxygens (including phenoxy) is 3. The number of anilines is 1. The summed E-state index contributed by atoms with van der Waals surface area (Å²) in [6, 6.07) is 5.29. The molecule has 4 heteroatoms. The van der Waals surface area contributed by atoms with E-state index in [9.17, 15) is 0 Å². The van der Waals surface area contributed by atoms with Crippen LogP contribution in [0.1, 0.15) is 6.42 Å². The first-order valence-electron chi connectivity index (χ1n) is 6.36. The van der Waals surface area contributed by atoms with Gasteiger partial charge in [0.15, 0.2) is 0 Å². The SMILES string of the molecule is COc1ccc(OC=CC2(OC)C=CC=CC2)c(N)c1. The monoisotopic (exact) mass is 273 g/mol. The van der Waals surface area contributed by atoms with Crippen LogP contribution >= 0.6 is 0 Å². The molecule has 0 saturated carbocycles. The topological polar surface area (TPSA) is 53.7 Å². The summed E-state index contributed by atoms with van der Waals surface area (Å²) in [6.07, 6.45) is 12.2. The summed E-state index contributed by atoms with van der Waals surface area (Å²) in [5.41, 5.74) is 5.97. The molecule has 0 bridgehead atoms. The average molecular weight is 273 g/mol. The molecule has 2 rings (SSSR count). The van der Waals surface area contributed by atoms with E-state index in [4.69, 9.17) is 19.9 Å². The summed E-state index contributed by atoms with van der Waals surface area (Å²) in [7, 11) is 3.27. The summed E-state index contributed by atoms with van der Waals surface area (Å²) < 4.78 is 16.2. The minimum absolute atomic E-state index is 0.448. The number of nitrogens with two attached hydrogens (primary N) is 1. The van der Waals surface area contributed by atoms with Gasteiger partial charge >= 0.3 is 0 Å². The first-order valence-corrected chi connectivity index (χ1v) is 6.36. The van der Waals surface area contributed by atoms with Gasteiger partial charge in [0.05, 0.1) is 19.1 Å². The normalized spacial score (nSPS) is 21.3. The summed E-state index contributed by atoms with van der Waals surface area (Å²) >= 11 is 0. The van der Waals surface area contributed by atoms with E-state index in [1.165, 1.54) is 0 Å². The van der Waals surface area contributed by atoms with Crippen molar-refractivity contribution in [3.05, 3.63) is 54.8 Å². The van der Waals surface area contributed by atoms with Gasteiger partial charge in [-0.25, -0.2) is 0 Å². The van der Waals surface area contributed by atoms with Gasteiger partial charge in [-0.05, 0) is 24.3 Å². The maximum atomic E-state index is 5.89. The van der Waals surface area contributed by atoms with Crippen LogP contribution < -0.4 is 15.2 Å². The van der Waals surface area contributed by atoms with Gasteiger partial charge in [0.2, 0.25) is 0 Å². The van der Waals surface area contributed by atoms with E-state index in [0.717, 1.165) is 6.42 Å². The van der Waals surface area contributed by atoms with Crippen molar-refractivity contribution < 1.29 is 14.2 Å².